The van der Waals surface area contributed by atoms with E-state index in [2.05, 4.69) is 0 Å². The first-order chi connectivity index (χ1) is 6.04. The Kier molecular flexibility index (Phi) is 11.0. The number of carboxylic acids is 2. The summed E-state index contributed by atoms with van der Waals surface area (Å²) in [7, 11) is 0. The number of carboxylic acid groups (broad SMARTS) is 2. The molecule has 0 aliphatic heterocycles. The summed E-state index contributed by atoms with van der Waals surface area (Å²) in [5.41, 5.74) is 0. The zero-order valence-corrected chi connectivity index (χ0v) is 7.04. The molecule has 0 spiro atoms. The number of nitrogens with one attached hydrogen (secondary N) is 2. The molecule has 0 amide bonds. The summed E-state index contributed by atoms with van der Waals surface area (Å²) < 4.78 is 0. The number of rotatable bonds is 5. The number of carbonyl (C=O) groups is 2. The summed E-state index contributed by atoms with van der Waals surface area (Å²) in [5.74, 6) is -1.74. The third-order valence-electron chi connectivity index (χ3n) is 1.03. The SMILES string of the molecule is N=C=N.O=C(O)CCCCC(=O)O. The highest BCUT2D eigenvalue weighted by Gasteiger charge is 1.99. The standard InChI is InChI=1S/C6H10O4.CH2N2/c7-5(8)3-1-2-4-6(9)10;2-1-3/h1-4H2,(H,7,8)(H,9,10);2-3H. The van der Waals surface area contributed by atoms with Crippen LogP contribution in [0, 0.1) is 10.8 Å². The van der Waals surface area contributed by atoms with Gasteiger partial charge in [0, 0.05) is 12.8 Å². The molecular weight excluding hydrogens is 176 g/mol. The van der Waals surface area contributed by atoms with Crippen LogP contribution in [0.4, 0.5) is 0 Å². The molecule has 0 atom stereocenters. The van der Waals surface area contributed by atoms with Gasteiger partial charge in [0.15, 0.2) is 0 Å². The van der Waals surface area contributed by atoms with Crippen LogP contribution in [0.15, 0.2) is 0 Å². The molecule has 0 aliphatic rings. The minimum atomic E-state index is -0.870. The number of hydrogen-bond donors (Lipinski definition) is 4. The monoisotopic (exact) mass is 188 g/mol. The molecule has 0 aromatic heterocycles. The molecular formula is C7H12N2O4. The Bertz CT molecular complexity index is 181. The lowest BCUT2D eigenvalue weighted by Crippen LogP contribution is -1.97. The van der Waals surface area contributed by atoms with Crippen LogP contribution in [0.2, 0.25) is 0 Å². The summed E-state index contributed by atoms with van der Waals surface area (Å²) in [5, 5.41) is 27.5. The molecule has 0 fully saturated rings. The van der Waals surface area contributed by atoms with Gasteiger partial charge in [-0.25, -0.2) is 10.8 Å². The van der Waals surface area contributed by atoms with Gasteiger partial charge in [-0.3, -0.25) is 9.59 Å². The van der Waals surface area contributed by atoms with E-state index in [0.717, 1.165) is 0 Å². The van der Waals surface area contributed by atoms with Gasteiger partial charge in [-0.2, -0.15) is 0 Å². The third kappa shape index (κ3) is 25.2. The van der Waals surface area contributed by atoms with Gasteiger partial charge in [-0.15, -0.1) is 0 Å². The Morgan fingerprint density at radius 1 is 1.00 bits per heavy atom. The molecule has 0 saturated carbocycles. The fraction of sp³-hybridized carbons (Fsp3) is 0.571. The molecule has 0 aromatic carbocycles. The maximum atomic E-state index is 9.90. The van der Waals surface area contributed by atoms with Crippen molar-refractivity contribution in [1.82, 2.24) is 0 Å². The first kappa shape index (κ1) is 13.9. The Labute approximate surface area is 75.2 Å². The van der Waals surface area contributed by atoms with Crippen LogP contribution in [-0.2, 0) is 9.59 Å². The second-order valence-electron chi connectivity index (χ2n) is 2.12. The van der Waals surface area contributed by atoms with Crippen molar-refractivity contribution in [1.29, 1.82) is 10.8 Å². The van der Waals surface area contributed by atoms with Gasteiger partial charge in [0.05, 0.1) is 6.01 Å². The van der Waals surface area contributed by atoms with Crippen LogP contribution in [0.1, 0.15) is 25.7 Å². The van der Waals surface area contributed by atoms with Gasteiger partial charge in [-0.1, -0.05) is 0 Å². The maximum absolute atomic E-state index is 9.90. The van der Waals surface area contributed by atoms with Crippen molar-refractivity contribution in [2.24, 2.45) is 0 Å². The highest BCUT2D eigenvalue weighted by atomic mass is 16.4. The zero-order chi connectivity index (χ0) is 10.7. The highest BCUT2D eigenvalue weighted by Crippen LogP contribution is 1.98. The molecule has 0 aliphatic carbocycles. The molecule has 13 heavy (non-hydrogen) atoms. The van der Waals surface area contributed by atoms with E-state index < -0.39 is 11.9 Å². The predicted molar refractivity (Wildman–Crippen MR) is 44.2 cm³/mol. The van der Waals surface area contributed by atoms with Crippen LogP contribution in [0.25, 0.3) is 0 Å². The van der Waals surface area contributed by atoms with Crippen molar-refractivity contribution in [2.75, 3.05) is 0 Å². The number of aliphatic carboxylic acids is 2. The maximum Gasteiger partial charge on any atom is 0.303 e. The molecule has 0 heterocycles. The molecule has 74 valence electrons. The Hall–Kier alpha value is -1.68. The molecule has 0 rings (SSSR count). The Morgan fingerprint density at radius 3 is 1.38 bits per heavy atom. The van der Waals surface area contributed by atoms with Gasteiger partial charge in [0.1, 0.15) is 0 Å². The van der Waals surface area contributed by atoms with E-state index in [0.29, 0.717) is 12.8 Å². The quantitative estimate of drug-likeness (QED) is 0.380. The smallest absolute Gasteiger partial charge is 0.303 e. The third-order valence-corrected chi connectivity index (χ3v) is 1.03. The second-order valence-corrected chi connectivity index (χ2v) is 2.12. The second kappa shape index (κ2) is 10.3. The molecule has 4 N–H and O–H groups in total. The summed E-state index contributed by atoms with van der Waals surface area (Å²) in [4.78, 5) is 19.8. The van der Waals surface area contributed by atoms with Gasteiger partial charge in [0.25, 0.3) is 0 Å². The van der Waals surface area contributed by atoms with Gasteiger partial charge in [0.2, 0.25) is 0 Å². The van der Waals surface area contributed by atoms with Crippen molar-refractivity contribution in [3.8, 4) is 0 Å². The van der Waals surface area contributed by atoms with Gasteiger partial charge in [-0.05, 0) is 12.8 Å². The first-order valence-electron chi connectivity index (χ1n) is 3.56. The van der Waals surface area contributed by atoms with E-state index in [1.165, 1.54) is 6.01 Å². The van der Waals surface area contributed by atoms with Crippen molar-refractivity contribution >= 4 is 17.9 Å². The fourth-order valence-corrected chi connectivity index (χ4v) is 0.552. The van der Waals surface area contributed by atoms with Crippen LogP contribution >= 0.6 is 0 Å². The predicted octanol–water partition coefficient (Wildman–Crippen LogP) is 1.03. The van der Waals surface area contributed by atoms with E-state index in [1.54, 1.807) is 0 Å². The van der Waals surface area contributed by atoms with Gasteiger partial charge >= 0.3 is 11.9 Å². The van der Waals surface area contributed by atoms with Gasteiger partial charge < -0.3 is 10.2 Å². The van der Waals surface area contributed by atoms with E-state index >= 15 is 0 Å². The van der Waals surface area contributed by atoms with Crippen molar-refractivity contribution in [2.45, 2.75) is 25.7 Å². The van der Waals surface area contributed by atoms with E-state index in [9.17, 15) is 9.59 Å². The van der Waals surface area contributed by atoms with E-state index in [4.69, 9.17) is 21.0 Å². The van der Waals surface area contributed by atoms with Crippen LogP contribution in [0.5, 0.6) is 0 Å². The lowest BCUT2D eigenvalue weighted by atomic mass is 10.2. The summed E-state index contributed by atoms with van der Waals surface area (Å²) in [6.07, 6.45) is 1.02. The first-order valence-corrected chi connectivity index (χ1v) is 3.56. The summed E-state index contributed by atoms with van der Waals surface area (Å²) in [6, 6.07) is 1.25. The normalized spacial score (nSPS) is 7.69. The molecule has 0 aromatic rings. The topological polar surface area (TPSA) is 122 Å². The van der Waals surface area contributed by atoms with Crippen molar-refractivity contribution in [3.63, 3.8) is 0 Å². The zero-order valence-electron chi connectivity index (χ0n) is 7.04. The summed E-state index contributed by atoms with van der Waals surface area (Å²) in [6.45, 7) is 0. The number of hydrogen-bond acceptors (Lipinski definition) is 4. The number of unbranched alkanes of at least 4 members (excludes halogenated alkanes) is 1. The Morgan fingerprint density at radius 2 is 1.23 bits per heavy atom. The van der Waals surface area contributed by atoms with Crippen molar-refractivity contribution < 1.29 is 19.8 Å². The van der Waals surface area contributed by atoms with E-state index in [1.807, 2.05) is 0 Å². The van der Waals surface area contributed by atoms with Crippen LogP contribution in [0.3, 0.4) is 0 Å². The lowest BCUT2D eigenvalue weighted by Gasteiger charge is -1.92. The molecule has 0 radical (unpaired) electrons. The van der Waals surface area contributed by atoms with Crippen molar-refractivity contribution in [3.05, 3.63) is 0 Å². The highest BCUT2D eigenvalue weighted by molar-refractivity contribution is 5.67. The van der Waals surface area contributed by atoms with Crippen LogP contribution in [-0.4, -0.2) is 28.2 Å². The van der Waals surface area contributed by atoms with Crippen LogP contribution < -0.4 is 0 Å². The summed E-state index contributed by atoms with van der Waals surface area (Å²) >= 11 is 0. The average Bonchev–Trinajstić information content (AvgIpc) is 1.99. The molecule has 0 unspecified atom stereocenters. The lowest BCUT2D eigenvalue weighted by molar-refractivity contribution is -0.139. The minimum absolute atomic E-state index is 0.0628. The fourth-order valence-electron chi connectivity index (χ4n) is 0.552. The Balaban J connectivity index is 0. The average molecular weight is 188 g/mol. The molecule has 6 heteroatoms. The molecule has 6 nitrogen and oxygen atoms in total. The molecule has 0 bridgehead atoms. The molecule has 0 saturated heterocycles. The van der Waals surface area contributed by atoms with E-state index in [-0.39, 0.29) is 12.8 Å². The largest absolute Gasteiger partial charge is 0.481 e. The minimum Gasteiger partial charge on any atom is -0.481 e.